The average molecular weight is 277 g/mol. The zero-order chi connectivity index (χ0) is 14.8. The van der Waals surface area contributed by atoms with Crippen LogP contribution < -0.4 is 11.1 Å². The molecule has 0 spiro atoms. The number of anilines is 2. The van der Waals surface area contributed by atoms with Gasteiger partial charge in [0.15, 0.2) is 0 Å². The van der Waals surface area contributed by atoms with Crippen molar-refractivity contribution in [2.45, 2.75) is 6.92 Å². The molecule has 0 aliphatic carbocycles. The van der Waals surface area contributed by atoms with Gasteiger partial charge in [-0.15, -0.1) is 0 Å². The molecule has 0 saturated heterocycles. The van der Waals surface area contributed by atoms with Crippen LogP contribution in [0.25, 0.3) is 10.8 Å². The first-order valence-electron chi connectivity index (χ1n) is 6.65. The third-order valence-electron chi connectivity index (χ3n) is 3.43. The van der Waals surface area contributed by atoms with Gasteiger partial charge in [-0.2, -0.15) is 0 Å². The SMILES string of the molecule is Cc1cnccc1NC(=O)c1cc2ccccc2cc1N. The number of hydrogen-bond donors (Lipinski definition) is 2. The summed E-state index contributed by atoms with van der Waals surface area (Å²) in [7, 11) is 0. The Bertz CT molecular complexity index is 827. The number of rotatable bonds is 2. The Hall–Kier alpha value is -2.88. The Labute approximate surface area is 122 Å². The lowest BCUT2D eigenvalue weighted by Crippen LogP contribution is -2.14. The van der Waals surface area contributed by atoms with Crippen molar-refractivity contribution in [2.75, 3.05) is 11.1 Å². The normalized spacial score (nSPS) is 10.5. The van der Waals surface area contributed by atoms with E-state index in [-0.39, 0.29) is 5.91 Å². The third kappa shape index (κ3) is 2.56. The molecule has 3 N–H and O–H groups in total. The van der Waals surface area contributed by atoms with Crippen molar-refractivity contribution in [3.63, 3.8) is 0 Å². The smallest absolute Gasteiger partial charge is 0.257 e. The van der Waals surface area contributed by atoms with Crippen LogP contribution in [-0.4, -0.2) is 10.9 Å². The molecule has 1 heterocycles. The van der Waals surface area contributed by atoms with Crippen molar-refractivity contribution in [1.82, 2.24) is 4.98 Å². The second-order valence-electron chi connectivity index (χ2n) is 4.93. The number of amides is 1. The van der Waals surface area contributed by atoms with Crippen molar-refractivity contribution in [2.24, 2.45) is 0 Å². The highest BCUT2D eigenvalue weighted by Crippen LogP contribution is 2.23. The van der Waals surface area contributed by atoms with Gasteiger partial charge in [0, 0.05) is 23.8 Å². The van der Waals surface area contributed by atoms with Crippen molar-refractivity contribution < 1.29 is 4.79 Å². The fourth-order valence-electron chi connectivity index (χ4n) is 2.26. The molecular formula is C17H15N3O. The number of benzene rings is 2. The van der Waals surface area contributed by atoms with E-state index in [1.54, 1.807) is 18.5 Å². The summed E-state index contributed by atoms with van der Waals surface area (Å²) in [4.78, 5) is 16.4. The van der Waals surface area contributed by atoms with Crippen LogP contribution in [0.2, 0.25) is 0 Å². The van der Waals surface area contributed by atoms with Gasteiger partial charge in [0.25, 0.3) is 5.91 Å². The second kappa shape index (κ2) is 5.25. The molecule has 21 heavy (non-hydrogen) atoms. The van der Waals surface area contributed by atoms with Crippen LogP contribution in [-0.2, 0) is 0 Å². The lowest BCUT2D eigenvalue weighted by Gasteiger charge is -2.10. The summed E-state index contributed by atoms with van der Waals surface area (Å²) in [5.74, 6) is -0.215. The molecule has 3 aromatic rings. The minimum atomic E-state index is -0.215. The maximum absolute atomic E-state index is 12.4. The van der Waals surface area contributed by atoms with Crippen molar-refractivity contribution in [1.29, 1.82) is 0 Å². The summed E-state index contributed by atoms with van der Waals surface area (Å²) in [5, 5.41) is 4.88. The highest BCUT2D eigenvalue weighted by molar-refractivity contribution is 6.10. The number of carbonyl (C=O) groups is 1. The van der Waals surface area contributed by atoms with E-state index in [2.05, 4.69) is 10.3 Å². The first-order chi connectivity index (χ1) is 10.1. The highest BCUT2D eigenvalue weighted by Gasteiger charge is 2.12. The number of fused-ring (bicyclic) bond motifs is 1. The number of aromatic nitrogens is 1. The van der Waals surface area contributed by atoms with Gasteiger partial charge in [0.05, 0.1) is 5.56 Å². The lowest BCUT2D eigenvalue weighted by molar-refractivity contribution is 0.102. The molecule has 0 atom stereocenters. The van der Waals surface area contributed by atoms with E-state index in [0.717, 1.165) is 22.0 Å². The Morgan fingerprint density at radius 2 is 1.86 bits per heavy atom. The summed E-state index contributed by atoms with van der Waals surface area (Å²) >= 11 is 0. The van der Waals surface area contributed by atoms with Crippen molar-refractivity contribution >= 4 is 28.1 Å². The van der Waals surface area contributed by atoms with Gasteiger partial charge in [-0.25, -0.2) is 0 Å². The number of nitrogen functional groups attached to an aromatic ring is 1. The van der Waals surface area contributed by atoms with Crippen LogP contribution in [0.15, 0.2) is 54.9 Å². The predicted molar refractivity (Wildman–Crippen MR) is 85.3 cm³/mol. The largest absolute Gasteiger partial charge is 0.398 e. The molecule has 4 nitrogen and oxygen atoms in total. The fraction of sp³-hybridized carbons (Fsp3) is 0.0588. The molecule has 0 radical (unpaired) electrons. The monoisotopic (exact) mass is 277 g/mol. The van der Waals surface area contributed by atoms with E-state index in [0.29, 0.717) is 11.3 Å². The van der Waals surface area contributed by atoms with Gasteiger partial charge in [0.2, 0.25) is 0 Å². The quantitative estimate of drug-likeness (QED) is 0.706. The molecule has 104 valence electrons. The van der Waals surface area contributed by atoms with Crippen LogP contribution in [0.4, 0.5) is 11.4 Å². The molecule has 1 aromatic heterocycles. The molecule has 4 heteroatoms. The Morgan fingerprint density at radius 3 is 2.57 bits per heavy atom. The molecule has 3 rings (SSSR count). The summed E-state index contributed by atoms with van der Waals surface area (Å²) < 4.78 is 0. The average Bonchev–Trinajstić information content (AvgIpc) is 2.49. The number of nitrogens with zero attached hydrogens (tertiary/aromatic N) is 1. The Kier molecular flexibility index (Phi) is 3.28. The molecule has 0 unspecified atom stereocenters. The van der Waals surface area contributed by atoms with Crippen LogP contribution >= 0.6 is 0 Å². The lowest BCUT2D eigenvalue weighted by atomic mass is 10.0. The van der Waals surface area contributed by atoms with Gasteiger partial charge >= 0.3 is 0 Å². The molecule has 0 fully saturated rings. The minimum Gasteiger partial charge on any atom is -0.398 e. The molecule has 0 aliphatic rings. The van der Waals surface area contributed by atoms with Gasteiger partial charge < -0.3 is 11.1 Å². The van der Waals surface area contributed by atoms with E-state index in [4.69, 9.17) is 5.73 Å². The molecule has 0 bridgehead atoms. The first kappa shape index (κ1) is 13.1. The fourth-order valence-corrected chi connectivity index (χ4v) is 2.26. The summed E-state index contributed by atoms with van der Waals surface area (Å²) in [5.41, 5.74) is 8.60. The maximum atomic E-state index is 12.4. The summed E-state index contributed by atoms with van der Waals surface area (Å²) in [6, 6.07) is 13.2. The molecule has 0 saturated carbocycles. The molecule has 0 aliphatic heterocycles. The van der Waals surface area contributed by atoms with E-state index in [1.807, 2.05) is 43.3 Å². The number of nitrogens with one attached hydrogen (secondary N) is 1. The van der Waals surface area contributed by atoms with Crippen molar-refractivity contribution in [3.8, 4) is 0 Å². The van der Waals surface area contributed by atoms with Crippen molar-refractivity contribution in [3.05, 3.63) is 66.0 Å². The summed E-state index contributed by atoms with van der Waals surface area (Å²) in [6.07, 6.45) is 3.35. The van der Waals surface area contributed by atoms with Gasteiger partial charge in [-0.1, -0.05) is 24.3 Å². The number of nitrogens with two attached hydrogens (primary N) is 1. The van der Waals surface area contributed by atoms with E-state index < -0.39 is 0 Å². The van der Waals surface area contributed by atoms with E-state index >= 15 is 0 Å². The van der Waals surface area contributed by atoms with E-state index in [9.17, 15) is 4.79 Å². The zero-order valence-electron chi connectivity index (χ0n) is 11.6. The molecule has 2 aromatic carbocycles. The van der Waals surface area contributed by atoms with Crippen LogP contribution in [0, 0.1) is 6.92 Å². The maximum Gasteiger partial charge on any atom is 0.257 e. The topological polar surface area (TPSA) is 68.0 Å². The van der Waals surface area contributed by atoms with Crippen LogP contribution in [0.1, 0.15) is 15.9 Å². The number of pyridine rings is 1. The first-order valence-corrected chi connectivity index (χ1v) is 6.65. The molecular weight excluding hydrogens is 262 g/mol. The predicted octanol–water partition coefficient (Wildman–Crippen LogP) is 3.38. The number of carbonyl (C=O) groups excluding carboxylic acids is 1. The van der Waals surface area contributed by atoms with E-state index in [1.165, 1.54) is 0 Å². The highest BCUT2D eigenvalue weighted by atomic mass is 16.1. The van der Waals surface area contributed by atoms with Crippen LogP contribution in [0.5, 0.6) is 0 Å². The summed E-state index contributed by atoms with van der Waals surface area (Å²) in [6.45, 7) is 1.90. The molecule has 1 amide bonds. The van der Waals surface area contributed by atoms with Gasteiger partial charge in [-0.3, -0.25) is 9.78 Å². The Balaban J connectivity index is 1.98. The Morgan fingerprint density at radius 1 is 1.14 bits per heavy atom. The third-order valence-corrected chi connectivity index (χ3v) is 3.43. The second-order valence-corrected chi connectivity index (χ2v) is 4.93. The van der Waals surface area contributed by atoms with Crippen LogP contribution in [0.3, 0.4) is 0 Å². The van der Waals surface area contributed by atoms with Gasteiger partial charge in [0.1, 0.15) is 0 Å². The standard InChI is InChI=1S/C17H15N3O/c1-11-10-19-7-6-16(11)20-17(21)14-8-12-4-2-3-5-13(12)9-15(14)18/h2-10H,18H2,1H3,(H,19,20,21). The number of hydrogen-bond acceptors (Lipinski definition) is 3. The zero-order valence-corrected chi connectivity index (χ0v) is 11.6. The number of aryl methyl sites for hydroxylation is 1. The minimum absolute atomic E-state index is 0.215. The van der Waals surface area contributed by atoms with Gasteiger partial charge in [-0.05, 0) is 41.5 Å².